The van der Waals surface area contributed by atoms with E-state index in [9.17, 15) is 19.5 Å². The third-order valence-electron chi connectivity index (χ3n) is 4.59. The van der Waals surface area contributed by atoms with E-state index in [-0.39, 0.29) is 36.1 Å². The summed E-state index contributed by atoms with van der Waals surface area (Å²) in [6.45, 7) is 0.0390. The summed E-state index contributed by atoms with van der Waals surface area (Å²) in [6.07, 6.45) is 0.200. The fourth-order valence-corrected chi connectivity index (χ4v) is 5.08. The number of thiophene rings is 1. The molecule has 0 radical (unpaired) electrons. The monoisotopic (exact) mass is 430 g/mol. The molecule has 1 unspecified atom stereocenters. The van der Waals surface area contributed by atoms with E-state index in [4.69, 9.17) is 4.74 Å². The summed E-state index contributed by atoms with van der Waals surface area (Å²) in [4.78, 5) is 39.5. The molecule has 0 bridgehead atoms. The quantitative estimate of drug-likeness (QED) is 0.539. The smallest absolute Gasteiger partial charge is 0.358 e. The first-order valence-electron chi connectivity index (χ1n) is 8.94. The summed E-state index contributed by atoms with van der Waals surface area (Å²) >= 11 is 2.77. The molecule has 29 heavy (non-hydrogen) atoms. The van der Waals surface area contributed by atoms with Crippen LogP contribution in [0.15, 0.2) is 59.3 Å². The fourth-order valence-electron chi connectivity index (χ4n) is 3.18. The van der Waals surface area contributed by atoms with Crippen molar-refractivity contribution in [2.24, 2.45) is 0 Å². The molecular weight excluding hydrogens is 412 g/mol. The largest absolute Gasteiger partial charge is 0.509 e. The number of fused-ring (bicyclic) bond motifs is 1. The number of aliphatic hydroxyl groups excluding tert-OH is 1. The number of thioether (sulfide) groups is 1. The first-order chi connectivity index (χ1) is 14.0. The normalized spacial score (nSPS) is 20.7. The second-order valence-corrected chi connectivity index (χ2v) is 8.71. The maximum atomic E-state index is 12.6. The average Bonchev–Trinajstić information content (AvgIpc) is 3.23. The standard InChI is InChI=1S/C20H18N2O5S2/c23-14-11-29-19-16(21-15(24)9-13-7-4-8-28-13)18(25)22(19)17(14)20(26)27-10-12-5-2-1-3-6-12/h1-8,16,19,23H,9-11H2,(H,21,24)/t16?,19-/m1/s1. The molecule has 1 saturated heterocycles. The van der Waals surface area contributed by atoms with Gasteiger partial charge < -0.3 is 15.2 Å². The summed E-state index contributed by atoms with van der Waals surface area (Å²) in [5.41, 5.74) is 0.662. The zero-order chi connectivity index (χ0) is 20.4. The molecule has 9 heteroatoms. The van der Waals surface area contributed by atoms with Gasteiger partial charge in [-0.3, -0.25) is 14.5 Å². The molecule has 4 rings (SSSR count). The number of rotatable bonds is 6. The minimum Gasteiger partial charge on any atom is -0.509 e. The van der Waals surface area contributed by atoms with Gasteiger partial charge in [-0.1, -0.05) is 36.4 Å². The summed E-state index contributed by atoms with van der Waals surface area (Å²) < 4.78 is 5.28. The van der Waals surface area contributed by atoms with Crippen LogP contribution in [0.3, 0.4) is 0 Å². The molecule has 2 aliphatic heterocycles. The zero-order valence-corrected chi connectivity index (χ0v) is 16.9. The van der Waals surface area contributed by atoms with Gasteiger partial charge >= 0.3 is 5.97 Å². The number of hydrogen-bond donors (Lipinski definition) is 2. The highest BCUT2D eigenvalue weighted by Gasteiger charge is 2.54. The first-order valence-corrected chi connectivity index (χ1v) is 10.9. The molecule has 2 atom stereocenters. The predicted molar refractivity (Wildman–Crippen MR) is 109 cm³/mol. The summed E-state index contributed by atoms with van der Waals surface area (Å²) in [5, 5.41) is 14.4. The van der Waals surface area contributed by atoms with Crippen LogP contribution in [0.4, 0.5) is 0 Å². The van der Waals surface area contributed by atoms with Gasteiger partial charge in [0.15, 0.2) is 5.70 Å². The zero-order valence-electron chi connectivity index (χ0n) is 15.2. The minimum absolute atomic E-state index is 0.0390. The van der Waals surface area contributed by atoms with Crippen molar-refractivity contribution >= 4 is 40.9 Å². The highest BCUT2D eigenvalue weighted by Crippen LogP contribution is 2.40. The molecule has 0 aliphatic carbocycles. The highest BCUT2D eigenvalue weighted by molar-refractivity contribution is 8.00. The van der Waals surface area contributed by atoms with E-state index in [1.54, 1.807) is 0 Å². The van der Waals surface area contributed by atoms with Crippen molar-refractivity contribution < 1.29 is 24.2 Å². The van der Waals surface area contributed by atoms with Gasteiger partial charge in [0.2, 0.25) is 5.91 Å². The first kappa shape index (κ1) is 19.5. The number of β-lactam (4-membered cyclic amide) rings is 1. The Morgan fingerprint density at radius 2 is 2.00 bits per heavy atom. The van der Waals surface area contributed by atoms with Gasteiger partial charge in [0.05, 0.1) is 12.2 Å². The molecule has 2 aliphatic rings. The Bertz CT molecular complexity index is 959. The van der Waals surface area contributed by atoms with Gasteiger partial charge in [-0.2, -0.15) is 0 Å². The van der Waals surface area contributed by atoms with Crippen molar-refractivity contribution in [1.29, 1.82) is 0 Å². The van der Waals surface area contributed by atoms with E-state index in [0.29, 0.717) is 0 Å². The van der Waals surface area contributed by atoms with Gasteiger partial charge in [-0.05, 0) is 17.0 Å². The molecule has 1 aromatic carbocycles. The van der Waals surface area contributed by atoms with Crippen LogP contribution in [0.1, 0.15) is 10.4 Å². The third kappa shape index (κ3) is 4.01. The number of nitrogens with zero attached hydrogens (tertiary/aromatic N) is 1. The van der Waals surface area contributed by atoms with E-state index < -0.39 is 23.3 Å². The van der Waals surface area contributed by atoms with Crippen molar-refractivity contribution in [2.45, 2.75) is 24.4 Å². The van der Waals surface area contributed by atoms with E-state index in [1.165, 1.54) is 28.0 Å². The Kier molecular flexibility index (Phi) is 5.59. The maximum Gasteiger partial charge on any atom is 0.358 e. The van der Waals surface area contributed by atoms with E-state index in [1.807, 2.05) is 47.8 Å². The summed E-state index contributed by atoms with van der Waals surface area (Å²) in [5.74, 6) is -1.46. The van der Waals surface area contributed by atoms with Crippen LogP contribution < -0.4 is 5.32 Å². The Morgan fingerprint density at radius 1 is 1.21 bits per heavy atom. The highest BCUT2D eigenvalue weighted by atomic mass is 32.2. The number of benzene rings is 1. The van der Waals surface area contributed by atoms with Gasteiger partial charge in [0.25, 0.3) is 5.91 Å². The fraction of sp³-hybridized carbons (Fsp3) is 0.250. The molecule has 2 N–H and O–H groups in total. The average molecular weight is 431 g/mol. The van der Waals surface area contributed by atoms with Crippen LogP contribution in [0.25, 0.3) is 0 Å². The van der Waals surface area contributed by atoms with Crippen molar-refractivity contribution in [3.8, 4) is 0 Å². The van der Waals surface area contributed by atoms with Gasteiger partial charge in [0, 0.05) is 4.88 Å². The van der Waals surface area contributed by atoms with Crippen LogP contribution >= 0.6 is 23.1 Å². The second-order valence-electron chi connectivity index (χ2n) is 6.57. The number of amides is 2. The maximum absolute atomic E-state index is 12.6. The number of esters is 1. The molecule has 3 heterocycles. The topological polar surface area (TPSA) is 95.9 Å². The lowest BCUT2D eigenvalue weighted by atomic mass is 10.0. The second kappa shape index (κ2) is 8.30. The molecule has 1 fully saturated rings. The van der Waals surface area contributed by atoms with Crippen LogP contribution in [0, 0.1) is 0 Å². The van der Waals surface area contributed by atoms with Crippen LogP contribution in [-0.4, -0.2) is 45.0 Å². The third-order valence-corrected chi connectivity index (χ3v) is 6.73. The van der Waals surface area contributed by atoms with Crippen molar-refractivity contribution in [3.63, 3.8) is 0 Å². The molecule has 2 aromatic rings. The summed E-state index contributed by atoms with van der Waals surface area (Å²) in [7, 11) is 0. The van der Waals surface area contributed by atoms with Crippen molar-refractivity contribution in [1.82, 2.24) is 10.2 Å². The van der Waals surface area contributed by atoms with Crippen LogP contribution in [-0.2, 0) is 32.1 Å². The SMILES string of the molecule is O=C(Cc1cccs1)NC1C(=O)N2C(C(=O)OCc3ccccc3)=C(O)CS[C@H]12. The van der Waals surface area contributed by atoms with E-state index in [0.717, 1.165) is 10.4 Å². The molecule has 2 amide bonds. The molecular formula is C20H18N2O5S2. The lowest BCUT2D eigenvalue weighted by Crippen LogP contribution is -2.70. The number of nitrogens with one attached hydrogen (secondary N) is 1. The predicted octanol–water partition coefficient (Wildman–Crippen LogP) is 2.20. The lowest BCUT2D eigenvalue weighted by molar-refractivity contribution is -0.153. The Hall–Kier alpha value is -2.78. The van der Waals surface area contributed by atoms with Crippen molar-refractivity contribution in [3.05, 3.63) is 69.7 Å². The number of carbonyl (C=O) groups excluding carboxylic acids is 3. The number of aliphatic hydroxyl groups is 1. The Labute approximate surface area is 175 Å². The van der Waals surface area contributed by atoms with E-state index in [2.05, 4.69) is 5.32 Å². The number of carbonyl (C=O) groups is 3. The minimum atomic E-state index is -0.756. The van der Waals surface area contributed by atoms with Crippen molar-refractivity contribution in [2.75, 3.05) is 5.75 Å². The molecule has 0 spiro atoms. The molecule has 7 nitrogen and oxygen atoms in total. The van der Waals surface area contributed by atoms with Gasteiger partial charge in [0.1, 0.15) is 23.8 Å². The molecule has 150 valence electrons. The van der Waals surface area contributed by atoms with Crippen LogP contribution in [0.5, 0.6) is 0 Å². The Balaban J connectivity index is 1.40. The number of hydrogen-bond acceptors (Lipinski definition) is 7. The number of ether oxygens (including phenoxy) is 1. The Morgan fingerprint density at radius 3 is 2.72 bits per heavy atom. The van der Waals surface area contributed by atoms with Gasteiger partial charge in [-0.15, -0.1) is 23.1 Å². The molecule has 1 aromatic heterocycles. The lowest BCUT2D eigenvalue weighted by Gasteiger charge is -2.48. The van der Waals surface area contributed by atoms with Crippen LogP contribution in [0.2, 0.25) is 0 Å². The van der Waals surface area contributed by atoms with E-state index >= 15 is 0 Å². The molecule has 0 saturated carbocycles. The summed E-state index contributed by atoms with van der Waals surface area (Å²) in [6, 6.07) is 12.1. The van der Waals surface area contributed by atoms with Gasteiger partial charge in [-0.25, -0.2) is 4.79 Å².